The number of hydrogen-bond acceptors (Lipinski definition) is 2. The lowest BCUT2D eigenvalue weighted by Gasteiger charge is -2.52. The van der Waals surface area contributed by atoms with Gasteiger partial charge < -0.3 is 9.84 Å². The Morgan fingerprint density at radius 1 is 1.33 bits per heavy atom. The molecule has 18 heavy (non-hydrogen) atoms. The van der Waals surface area contributed by atoms with Crippen LogP contribution >= 0.6 is 0 Å². The lowest BCUT2D eigenvalue weighted by molar-refractivity contribution is -0.160. The van der Waals surface area contributed by atoms with Crippen LogP contribution in [-0.2, 0) is 0 Å². The summed E-state index contributed by atoms with van der Waals surface area (Å²) in [5.41, 5.74) is -0.335. The third-order valence-corrected chi connectivity index (χ3v) is 4.22. The molecule has 2 unspecified atom stereocenters. The van der Waals surface area contributed by atoms with Crippen LogP contribution in [0.15, 0.2) is 18.2 Å². The molecule has 2 nitrogen and oxygen atoms in total. The summed E-state index contributed by atoms with van der Waals surface area (Å²) in [4.78, 5) is 0. The molecule has 0 amide bonds. The Bertz CT molecular complexity index is 430. The van der Waals surface area contributed by atoms with Crippen LogP contribution in [-0.4, -0.2) is 17.3 Å². The molecule has 0 radical (unpaired) electrons. The smallest absolute Gasteiger partial charge is 0.165 e. The summed E-state index contributed by atoms with van der Waals surface area (Å²) in [5, 5.41) is 9.88. The van der Waals surface area contributed by atoms with Crippen molar-refractivity contribution in [3.63, 3.8) is 0 Å². The number of halogens is 2. The number of aliphatic hydroxyl groups is 1. The Kier molecular flexibility index (Phi) is 3.57. The SMILES string of the molecule is CCC1(CC)C(O)CC1Oc1cc(F)ccc1F. The first-order valence-electron chi connectivity index (χ1n) is 6.33. The summed E-state index contributed by atoms with van der Waals surface area (Å²) in [7, 11) is 0. The second kappa shape index (κ2) is 4.84. The molecule has 4 heteroatoms. The van der Waals surface area contributed by atoms with Crippen molar-refractivity contribution in [3.05, 3.63) is 29.8 Å². The Morgan fingerprint density at radius 2 is 2.00 bits per heavy atom. The van der Waals surface area contributed by atoms with E-state index in [1.807, 2.05) is 13.8 Å². The largest absolute Gasteiger partial charge is 0.486 e. The van der Waals surface area contributed by atoms with Crippen molar-refractivity contribution in [2.75, 3.05) is 0 Å². The van der Waals surface area contributed by atoms with Crippen molar-refractivity contribution in [1.29, 1.82) is 0 Å². The van der Waals surface area contributed by atoms with E-state index in [2.05, 4.69) is 0 Å². The van der Waals surface area contributed by atoms with Crippen LogP contribution in [0.1, 0.15) is 33.1 Å². The Morgan fingerprint density at radius 3 is 2.56 bits per heavy atom. The van der Waals surface area contributed by atoms with Crippen molar-refractivity contribution in [2.45, 2.75) is 45.3 Å². The molecule has 0 spiro atoms. The first-order valence-corrected chi connectivity index (χ1v) is 6.33. The van der Waals surface area contributed by atoms with Gasteiger partial charge in [0.25, 0.3) is 0 Å². The van der Waals surface area contributed by atoms with Gasteiger partial charge in [0.2, 0.25) is 0 Å². The number of aliphatic hydroxyl groups excluding tert-OH is 1. The van der Waals surface area contributed by atoms with Gasteiger partial charge in [0.05, 0.1) is 6.10 Å². The van der Waals surface area contributed by atoms with E-state index >= 15 is 0 Å². The molecule has 0 aliphatic heterocycles. The van der Waals surface area contributed by atoms with Crippen LogP contribution in [0.4, 0.5) is 8.78 Å². The Hall–Kier alpha value is -1.16. The van der Waals surface area contributed by atoms with Gasteiger partial charge in [0.15, 0.2) is 11.6 Å². The van der Waals surface area contributed by atoms with E-state index in [1.54, 1.807) is 0 Å². The summed E-state index contributed by atoms with van der Waals surface area (Å²) in [6.45, 7) is 3.95. The molecule has 1 saturated carbocycles. The quantitative estimate of drug-likeness (QED) is 0.895. The minimum Gasteiger partial charge on any atom is -0.486 e. The molecule has 2 rings (SSSR count). The van der Waals surface area contributed by atoms with E-state index < -0.39 is 17.7 Å². The van der Waals surface area contributed by atoms with Gasteiger partial charge in [0.1, 0.15) is 11.9 Å². The standard InChI is InChI=1S/C14H18F2O2/c1-3-14(4-2)12(17)8-13(14)18-11-7-9(15)5-6-10(11)16/h5-7,12-13,17H,3-4,8H2,1-2H3. The molecular weight excluding hydrogens is 238 g/mol. The fraction of sp³-hybridized carbons (Fsp3) is 0.571. The zero-order chi connectivity index (χ0) is 13.3. The maximum atomic E-state index is 13.5. The molecule has 2 atom stereocenters. The van der Waals surface area contributed by atoms with Crippen molar-refractivity contribution in [1.82, 2.24) is 0 Å². The van der Waals surface area contributed by atoms with Gasteiger partial charge in [-0.3, -0.25) is 0 Å². The van der Waals surface area contributed by atoms with Crippen LogP contribution in [0.3, 0.4) is 0 Å². The fourth-order valence-electron chi connectivity index (χ4n) is 2.79. The summed E-state index contributed by atoms with van der Waals surface area (Å²) >= 11 is 0. The van der Waals surface area contributed by atoms with Gasteiger partial charge in [-0.25, -0.2) is 8.78 Å². The molecular formula is C14H18F2O2. The van der Waals surface area contributed by atoms with Crippen molar-refractivity contribution in [3.8, 4) is 5.75 Å². The summed E-state index contributed by atoms with van der Waals surface area (Å²) in [5.74, 6) is -1.16. The predicted molar refractivity (Wildman–Crippen MR) is 64.4 cm³/mol. The third kappa shape index (κ3) is 1.99. The van der Waals surface area contributed by atoms with Gasteiger partial charge in [-0.1, -0.05) is 13.8 Å². The lowest BCUT2D eigenvalue weighted by atomic mass is 9.60. The molecule has 1 aliphatic carbocycles. The highest BCUT2D eigenvalue weighted by Gasteiger charge is 2.53. The van der Waals surface area contributed by atoms with Crippen molar-refractivity contribution >= 4 is 0 Å². The average molecular weight is 256 g/mol. The molecule has 1 fully saturated rings. The van der Waals surface area contributed by atoms with Gasteiger partial charge in [-0.2, -0.15) is 0 Å². The van der Waals surface area contributed by atoms with Crippen LogP contribution < -0.4 is 4.74 Å². The highest BCUT2D eigenvalue weighted by atomic mass is 19.1. The predicted octanol–water partition coefficient (Wildman–Crippen LogP) is 3.28. The van der Waals surface area contributed by atoms with Gasteiger partial charge in [-0.05, 0) is 25.0 Å². The molecule has 0 saturated heterocycles. The minimum atomic E-state index is -0.570. The molecule has 1 aromatic rings. The number of ether oxygens (including phenoxy) is 1. The first-order chi connectivity index (χ1) is 8.53. The highest BCUT2D eigenvalue weighted by molar-refractivity contribution is 5.26. The van der Waals surface area contributed by atoms with Crippen LogP contribution in [0.5, 0.6) is 5.75 Å². The fourth-order valence-corrected chi connectivity index (χ4v) is 2.79. The third-order valence-electron chi connectivity index (χ3n) is 4.22. The monoisotopic (exact) mass is 256 g/mol. The normalized spacial score (nSPS) is 25.6. The zero-order valence-corrected chi connectivity index (χ0v) is 10.6. The van der Waals surface area contributed by atoms with Crippen LogP contribution in [0.2, 0.25) is 0 Å². The zero-order valence-electron chi connectivity index (χ0n) is 10.6. The first kappa shape index (κ1) is 13.3. The Labute approximate surface area is 106 Å². The minimum absolute atomic E-state index is 0.0711. The second-order valence-electron chi connectivity index (χ2n) is 4.87. The highest BCUT2D eigenvalue weighted by Crippen LogP contribution is 2.49. The summed E-state index contributed by atoms with van der Waals surface area (Å²) in [6.07, 6.45) is 1.31. The Balaban J connectivity index is 2.17. The van der Waals surface area contributed by atoms with Crippen molar-refractivity contribution in [2.24, 2.45) is 5.41 Å². The van der Waals surface area contributed by atoms with Gasteiger partial charge >= 0.3 is 0 Å². The summed E-state index contributed by atoms with van der Waals surface area (Å²) < 4.78 is 32.1. The number of hydrogen-bond donors (Lipinski definition) is 1. The maximum absolute atomic E-state index is 13.5. The molecule has 0 bridgehead atoms. The van der Waals surface area contributed by atoms with E-state index in [0.717, 1.165) is 31.0 Å². The van der Waals surface area contributed by atoms with Crippen molar-refractivity contribution < 1.29 is 18.6 Å². The van der Waals surface area contributed by atoms with Gasteiger partial charge in [-0.15, -0.1) is 0 Å². The number of benzene rings is 1. The van der Waals surface area contributed by atoms with Crippen LogP contribution in [0, 0.1) is 17.0 Å². The molecule has 1 aliphatic rings. The van der Waals surface area contributed by atoms with Gasteiger partial charge in [0, 0.05) is 17.9 Å². The van der Waals surface area contributed by atoms with E-state index in [1.165, 1.54) is 0 Å². The van der Waals surface area contributed by atoms with Crippen LogP contribution in [0.25, 0.3) is 0 Å². The van der Waals surface area contributed by atoms with E-state index in [-0.39, 0.29) is 17.3 Å². The molecule has 0 heterocycles. The summed E-state index contributed by atoms with van der Waals surface area (Å²) in [6, 6.07) is 3.17. The van der Waals surface area contributed by atoms with E-state index in [4.69, 9.17) is 4.74 Å². The topological polar surface area (TPSA) is 29.5 Å². The lowest BCUT2D eigenvalue weighted by Crippen LogP contribution is -2.59. The molecule has 100 valence electrons. The molecule has 1 aromatic carbocycles. The molecule has 0 aromatic heterocycles. The number of rotatable bonds is 4. The molecule has 1 N–H and O–H groups in total. The maximum Gasteiger partial charge on any atom is 0.165 e. The van der Waals surface area contributed by atoms with E-state index in [0.29, 0.717) is 6.42 Å². The second-order valence-corrected chi connectivity index (χ2v) is 4.87. The average Bonchev–Trinajstić information content (AvgIpc) is 2.35. The van der Waals surface area contributed by atoms with E-state index in [9.17, 15) is 13.9 Å².